The first kappa shape index (κ1) is 15.4. The van der Waals surface area contributed by atoms with Gasteiger partial charge in [0, 0.05) is 43.2 Å². The largest absolute Gasteiger partial charge is 0.399 e. The van der Waals surface area contributed by atoms with Crippen molar-refractivity contribution in [1.29, 1.82) is 0 Å². The lowest BCUT2D eigenvalue weighted by atomic mass is 10.2. The van der Waals surface area contributed by atoms with Gasteiger partial charge in [0.05, 0.1) is 15.7 Å². The molecule has 5 nitrogen and oxygen atoms in total. The van der Waals surface area contributed by atoms with Gasteiger partial charge < -0.3 is 15.6 Å². The molecule has 110 valence electrons. The highest BCUT2D eigenvalue weighted by Crippen LogP contribution is 2.32. The second kappa shape index (κ2) is 6.65. The molecule has 1 heterocycles. The maximum absolute atomic E-state index is 11.9. The minimum atomic E-state index is -0.234. The van der Waals surface area contributed by atoms with Crippen LogP contribution < -0.4 is 16.5 Å². The number of anilines is 2. The Morgan fingerprint density at radius 3 is 2.33 bits per heavy atom. The van der Waals surface area contributed by atoms with Crippen LogP contribution in [0.15, 0.2) is 41.5 Å². The topological polar surface area (TPSA) is 77.1 Å². The molecule has 0 saturated carbocycles. The van der Waals surface area contributed by atoms with E-state index in [4.69, 9.17) is 28.9 Å². The number of carbonyl (C=O) groups is 1. The Morgan fingerprint density at radius 1 is 1.19 bits per heavy atom. The van der Waals surface area contributed by atoms with Crippen LogP contribution in [-0.4, -0.2) is 10.5 Å². The number of hydrogen-bond acceptors (Lipinski definition) is 3. The van der Waals surface area contributed by atoms with Gasteiger partial charge >= 0.3 is 0 Å². The summed E-state index contributed by atoms with van der Waals surface area (Å²) in [4.78, 5) is 22.9. The number of pyridine rings is 1. The zero-order valence-corrected chi connectivity index (χ0v) is 12.5. The first-order valence-corrected chi connectivity index (χ1v) is 6.92. The number of carbonyl (C=O) groups excluding carboxylic acids is 1. The van der Waals surface area contributed by atoms with Crippen LogP contribution in [0.3, 0.4) is 0 Å². The van der Waals surface area contributed by atoms with Gasteiger partial charge in [-0.25, -0.2) is 0 Å². The second-order valence-electron chi connectivity index (χ2n) is 4.43. The number of amides is 1. The van der Waals surface area contributed by atoms with E-state index in [2.05, 4.69) is 5.32 Å². The maximum atomic E-state index is 11.9. The molecule has 0 aliphatic heterocycles. The SMILES string of the molecule is Nc1cc(Cl)c(NC(=O)CCn2ccc(=O)cc2)c(Cl)c1. The number of benzene rings is 1. The van der Waals surface area contributed by atoms with E-state index in [9.17, 15) is 9.59 Å². The summed E-state index contributed by atoms with van der Waals surface area (Å²) in [5, 5.41) is 3.23. The third-order valence-electron chi connectivity index (χ3n) is 2.79. The zero-order valence-electron chi connectivity index (χ0n) is 11.0. The number of nitrogens with one attached hydrogen (secondary N) is 1. The molecule has 0 unspecified atom stereocenters. The van der Waals surface area contributed by atoms with E-state index in [0.29, 0.717) is 17.9 Å². The predicted molar refractivity (Wildman–Crippen MR) is 84.8 cm³/mol. The summed E-state index contributed by atoms with van der Waals surface area (Å²) in [6, 6.07) is 5.91. The highest BCUT2D eigenvalue weighted by atomic mass is 35.5. The maximum Gasteiger partial charge on any atom is 0.226 e. The number of nitrogen functional groups attached to an aromatic ring is 1. The Bertz CT molecular complexity index is 685. The summed E-state index contributed by atoms with van der Waals surface area (Å²) in [6.07, 6.45) is 3.47. The van der Waals surface area contributed by atoms with E-state index >= 15 is 0 Å². The quantitative estimate of drug-likeness (QED) is 0.848. The molecule has 0 bridgehead atoms. The molecule has 0 fully saturated rings. The summed E-state index contributed by atoms with van der Waals surface area (Å²) in [7, 11) is 0. The van der Waals surface area contributed by atoms with Crippen LogP contribution in [0.4, 0.5) is 11.4 Å². The molecule has 0 saturated heterocycles. The van der Waals surface area contributed by atoms with Gasteiger partial charge in [-0.15, -0.1) is 0 Å². The fraction of sp³-hybridized carbons (Fsp3) is 0.143. The second-order valence-corrected chi connectivity index (χ2v) is 5.24. The third kappa shape index (κ3) is 4.24. The van der Waals surface area contributed by atoms with E-state index in [1.54, 1.807) is 17.0 Å². The standard InChI is InChI=1S/C14H13Cl2N3O2/c15-11-7-9(17)8-12(16)14(11)18-13(21)3-6-19-4-1-10(20)2-5-19/h1-2,4-5,7-8H,3,6,17H2,(H,18,21). The Morgan fingerprint density at radius 2 is 1.76 bits per heavy atom. The van der Waals surface area contributed by atoms with Crippen molar-refractivity contribution < 1.29 is 4.79 Å². The van der Waals surface area contributed by atoms with Gasteiger partial charge in [-0.05, 0) is 12.1 Å². The normalized spacial score (nSPS) is 10.4. The van der Waals surface area contributed by atoms with E-state index in [0.717, 1.165) is 0 Å². The molecule has 7 heteroatoms. The van der Waals surface area contributed by atoms with Crippen molar-refractivity contribution in [2.24, 2.45) is 0 Å². The molecular formula is C14H13Cl2N3O2. The minimum Gasteiger partial charge on any atom is -0.399 e. The molecule has 0 atom stereocenters. The summed E-state index contributed by atoms with van der Waals surface area (Å²) in [5.41, 5.74) is 6.29. The molecule has 0 aliphatic rings. The van der Waals surface area contributed by atoms with Gasteiger partial charge in [-0.3, -0.25) is 9.59 Å². The number of aromatic nitrogens is 1. The van der Waals surface area contributed by atoms with Gasteiger partial charge in [0.1, 0.15) is 0 Å². The molecular weight excluding hydrogens is 313 g/mol. The van der Waals surface area contributed by atoms with Gasteiger partial charge in [0.15, 0.2) is 5.43 Å². The Hall–Kier alpha value is -1.98. The fourth-order valence-electron chi connectivity index (χ4n) is 1.74. The molecule has 1 aromatic heterocycles. The number of nitrogens with two attached hydrogens (primary N) is 1. The Kier molecular flexibility index (Phi) is 4.88. The number of halogens is 2. The Balaban J connectivity index is 1.99. The average molecular weight is 326 g/mol. The van der Waals surface area contributed by atoms with E-state index in [-0.39, 0.29) is 27.8 Å². The van der Waals surface area contributed by atoms with Gasteiger partial charge in [0.25, 0.3) is 0 Å². The highest BCUT2D eigenvalue weighted by Gasteiger charge is 2.10. The molecule has 1 aromatic carbocycles. The van der Waals surface area contributed by atoms with Crippen molar-refractivity contribution in [1.82, 2.24) is 4.57 Å². The van der Waals surface area contributed by atoms with Gasteiger partial charge in [-0.1, -0.05) is 23.2 Å². The van der Waals surface area contributed by atoms with Crippen molar-refractivity contribution in [2.45, 2.75) is 13.0 Å². The van der Waals surface area contributed by atoms with Crippen molar-refractivity contribution >= 4 is 40.5 Å². The van der Waals surface area contributed by atoms with E-state index < -0.39 is 0 Å². The number of rotatable bonds is 4. The number of aryl methyl sites for hydroxylation is 1. The average Bonchev–Trinajstić information content (AvgIpc) is 2.42. The van der Waals surface area contributed by atoms with Crippen molar-refractivity contribution in [2.75, 3.05) is 11.1 Å². The lowest BCUT2D eigenvalue weighted by molar-refractivity contribution is -0.116. The summed E-state index contributed by atoms with van der Waals surface area (Å²) in [6.45, 7) is 0.441. The van der Waals surface area contributed by atoms with Crippen LogP contribution >= 0.6 is 23.2 Å². The van der Waals surface area contributed by atoms with E-state index in [1.807, 2.05) is 0 Å². The number of nitrogens with zero attached hydrogens (tertiary/aromatic N) is 1. The lowest BCUT2D eigenvalue weighted by Crippen LogP contribution is -2.15. The van der Waals surface area contributed by atoms with Crippen molar-refractivity contribution in [3.8, 4) is 0 Å². The first-order valence-electron chi connectivity index (χ1n) is 6.16. The smallest absolute Gasteiger partial charge is 0.226 e. The molecule has 1 amide bonds. The third-order valence-corrected chi connectivity index (χ3v) is 3.38. The molecule has 3 N–H and O–H groups in total. The predicted octanol–water partition coefficient (Wildman–Crippen LogP) is 2.77. The van der Waals surface area contributed by atoms with Crippen LogP contribution in [0.25, 0.3) is 0 Å². The number of hydrogen-bond donors (Lipinski definition) is 2. The highest BCUT2D eigenvalue weighted by molar-refractivity contribution is 6.40. The van der Waals surface area contributed by atoms with Gasteiger partial charge in [0.2, 0.25) is 5.91 Å². The summed E-state index contributed by atoms with van der Waals surface area (Å²) in [5.74, 6) is -0.234. The summed E-state index contributed by atoms with van der Waals surface area (Å²) < 4.78 is 1.74. The van der Waals surface area contributed by atoms with Crippen molar-refractivity contribution in [3.05, 3.63) is 56.9 Å². The van der Waals surface area contributed by atoms with Gasteiger partial charge in [-0.2, -0.15) is 0 Å². The first-order chi connectivity index (χ1) is 9.95. The minimum absolute atomic E-state index is 0.0730. The molecule has 0 radical (unpaired) electrons. The van der Waals surface area contributed by atoms with Crippen LogP contribution in [0.5, 0.6) is 0 Å². The molecule has 2 aromatic rings. The molecule has 21 heavy (non-hydrogen) atoms. The summed E-state index contributed by atoms with van der Waals surface area (Å²) >= 11 is 12.0. The van der Waals surface area contributed by atoms with E-state index in [1.165, 1.54) is 24.3 Å². The Labute approximate surface area is 131 Å². The van der Waals surface area contributed by atoms with Crippen LogP contribution in [0, 0.1) is 0 Å². The molecule has 0 spiro atoms. The lowest BCUT2D eigenvalue weighted by Gasteiger charge is -2.11. The fourth-order valence-corrected chi connectivity index (χ4v) is 2.34. The van der Waals surface area contributed by atoms with Crippen molar-refractivity contribution in [3.63, 3.8) is 0 Å². The monoisotopic (exact) mass is 325 g/mol. The molecule has 0 aliphatic carbocycles. The van der Waals surface area contributed by atoms with Crippen LogP contribution in [0.2, 0.25) is 10.0 Å². The molecule has 2 rings (SSSR count). The van der Waals surface area contributed by atoms with Crippen LogP contribution in [0.1, 0.15) is 6.42 Å². The van der Waals surface area contributed by atoms with Crippen LogP contribution in [-0.2, 0) is 11.3 Å². The zero-order chi connectivity index (χ0) is 15.4.